The highest BCUT2D eigenvalue weighted by atomic mass is 16.3. The van der Waals surface area contributed by atoms with Crippen LogP contribution in [0, 0.1) is 35.5 Å². The number of phenols is 1. The third kappa shape index (κ3) is 4.47. The largest absolute Gasteiger partial charge is 0.505 e. The Morgan fingerprint density at radius 3 is 1.69 bits per heavy atom. The van der Waals surface area contributed by atoms with Gasteiger partial charge in [-0.15, -0.1) is 0 Å². The molecule has 0 saturated heterocycles. The molecule has 4 fully saturated rings. The fourth-order valence-corrected chi connectivity index (χ4v) is 12.2. The highest BCUT2D eigenvalue weighted by Gasteiger charge is 2.64. The Hall–Kier alpha value is -6.47. The highest BCUT2D eigenvalue weighted by molar-refractivity contribution is 6.25. The number of nitrogens with zero attached hydrogens (tertiary/aromatic N) is 2. The Kier molecular flexibility index (Phi) is 7.12. The molecule has 0 spiro atoms. The molecule has 1 heterocycles. The van der Waals surface area contributed by atoms with Crippen LogP contribution < -0.4 is 0 Å². The van der Waals surface area contributed by atoms with Gasteiger partial charge in [0.05, 0.1) is 16.7 Å². The zero-order valence-corrected chi connectivity index (χ0v) is 31.5. The lowest BCUT2D eigenvalue weighted by molar-refractivity contribution is -0.166. The predicted octanol–water partition coefficient (Wildman–Crippen LogP) is 9.75. The molecule has 1 N–H and O–H groups in total. The Balaban J connectivity index is 0.911. The Labute approximate surface area is 333 Å². The van der Waals surface area contributed by atoms with Crippen molar-refractivity contribution >= 4 is 66.5 Å². The number of phenolic OH excluding ortho intramolecular Hbond substituents is 1. The van der Waals surface area contributed by atoms with Crippen LogP contribution in [0.2, 0.25) is 0 Å². The molecule has 1 aromatic heterocycles. The smallest absolute Gasteiger partial charge is 0.151 e. The summed E-state index contributed by atoms with van der Waals surface area (Å²) < 4.78 is 1.90. The van der Waals surface area contributed by atoms with Gasteiger partial charge in [-0.05, 0) is 93.6 Å². The molecule has 0 bridgehead atoms. The van der Waals surface area contributed by atoms with Crippen LogP contribution in [-0.2, 0) is 19.2 Å². The van der Waals surface area contributed by atoms with E-state index in [1.54, 1.807) is 18.2 Å². The Morgan fingerprint density at radius 1 is 0.500 bits per heavy atom. The molecule has 282 valence electrons. The number of ketones is 4. The second-order valence-electron chi connectivity index (χ2n) is 17.1. The van der Waals surface area contributed by atoms with Gasteiger partial charge in [-0.1, -0.05) is 109 Å². The van der Waals surface area contributed by atoms with Gasteiger partial charge in [-0.2, -0.15) is 0 Å². The summed E-state index contributed by atoms with van der Waals surface area (Å²) in [4.78, 5) is 64.2. The highest BCUT2D eigenvalue weighted by Crippen LogP contribution is 2.61. The predicted molar refractivity (Wildman–Crippen MR) is 223 cm³/mol. The number of imidazole rings is 1. The van der Waals surface area contributed by atoms with E-state index in [-0.39, 0.29) is 40.7 Å². The standard InChI is InChI=1S/C51H38N2O5/c54-46-32(12-7-15-39(46)53-38-14-5-4-13-37(38)52-51(53)29-8-2-1-3-9-29)45-49(57)35-24-22-33-42-34(23-25-36(43(35)42)50(45)58)48(56)44(47(33)55)31-21-19-28-17-16-26-10-6-11-27-18-20-30(31)41(28)40(26)27/h1-21,33-36,42-45,54H,22-25H2. The van der Waals surface area contributed by atoms with Crippen LogP contribution in [0.1, 0.15) is 48.6 Å². The van der Waals surface area contributed by atoms with Crippen molar-refractivity contribution in [3.63, 3.8) is 0 Å². The fourth-order valence-electron chi connectivity index (χ4n) is 12.2. The van der Waals surface area contributed by atoms with Crippen molar-refractivity contribution in [3.05, 3.63) is 139 Å². The lowest BCUT2D eigenvalue weighted by atomic mass is 9.44. The summed E-state index contributed by atoms with van der Waals surface area (Å²) in [5.41, 5.74) is 3.93. The minimum atomic E-state index is -1.13. The van der Waals surface area contributed by atoms with Crippen molar-refractivity contribution in [2.45, 2.75) is 37.5 Å². The molecule has 4 aliphatic carbocycles. The average Bonchev–Trinajstić information content (AvgIpc) is 3.65. The molecule has 4 saturated carbocycles. The van der Waals surface area contributed by atoms with Gasteiger partial charge in [-0.3, -0.25) is 23.7 Å². The molecule has 58 heavy (non-hydrogen) atoms. The van der Waals surface area contributed by atoms with Crippen molar-refractivity contribution in [2.24, 2.45) is 35.5 Å². The topological polar surface area (TPSA) is 106 Å². The number of aromatic hydroxyl groups is 1. The van der Waals surface area contributed by atoms with Gasteiger partial charge in [0.25, 0.3) is 0 Å². The molecular formula is C51H38N2O5. The summed E-state index contributed by atoms with van der Waals surface area (Å²) in [6, 6.07) is 41.4. The quantitative estimate of drug-likeness (QED) is 0.142. The average molecular weight is 759 g/mol. The van der Waals surface area contributed by atoms with Gasteiger partial charge < -0.3 is 5.11 Å². The third-order valence-electron chi connectivity index (χ3n) is 14.5. The van der Waals surface area contributed by atoms with Crippen molar-refractivity contribution in [1.29, 1.82) is 0 Å². The number of hydrogen-bond donors (Lipinski definition) is 1. The number of para-hydroxylation sites is 3. The maximum absolute atomic E-state index is 14.8. The number of carbonyl (C=O) groups is 4. The molecule has 7 nitrogen and oxygen atoms in total. The van der Waals surface area contributed by atoms with Crippen molar-refractivity contribution in [3.8, 4) is 22.8 Å². The monoisotopic (exact) mass is 758 g/mol. The zero-order chi connectivity index (χ0) is 39.0. The molecule has 4 unspecified atom stereocenters. The van der Waals surface area contributed by atoms with Crippen LogP contribution in [0.5, 0.6) is 5.75 Å². The third-order valence-corrected chi connectivity index (χ3v) is 14.5. The van der Waals surface area contributed by atoms with E-state index in [0.717, 1.165) is 54.5 Å². The van der Waals surface area contributed by atoms with E-state index in [1.807, 2.05) is 71.3 Å². The Bertz CT molecular complexity index is 3010. The lowest BCUT2D eigenvalue weighted by Crippen LogP contribution is -2.61. The number of hydrogen-bond acceptors (Lipinski definition) is 6. The van der Waals surface area contributed by atoms with Gasteiger partial charge in [0.1, 0.15) is 23.4 Å². The molecule has 0 radical (unpaired) electrons. The minimum absolute atomic E-state index is 0.0606. The van der Waals surface area contributed by atoms with E-state index in [0.29, 0.717) is 42.8 Å². The van der Waals surface area contributed by atoms with Crippen LogP contribution in [0.25, 0.3) is 60.4 Å². The minimum Gasteiger partial charge on any atom is -0.505 e. The summed E-state index contributed by atoms with van der Waals surface area (Å²) in [6.07, 6.45) is 1.97. The van der Waals surface area contributed by atoms with Gasteiger partial charge >= 0.3 is 0 Å². The molecule has 8 aromatic rings. The first-order chi connectivity index (χ1) is 28.4. The maximum Gasteiger partial charge on any atom is 0.151 e. The van der Waals surface area contributed by atoms with Crippen LogP contribution in [-0.4, -0.2) is 37.8 Å². The van der Waals surface area contributed by atoms with Crippen LogP contribution in [0.3, 0.4) is 0 Å². The number of rotatable bonds is 4. The van der Waals surface area contributed by atoms with E-state index in [2.05, 4.69) is 42.5 Å². The first kappa shape index (κ1) is 33.6. The molecule has 0 aliphatic heterocycles. The molecular weight excluding hydrogens is 721 g/mol. The normalized spacial score (nSPS) is 26.9. The Morgan fingerprint density at radius 2 is 1.03 bits per heavy atom. The number of fused-ring (bicyclic) bond motifs is 1. The van der Waals surface area contributed by atoms with Crippen LogP contribution >= 0.6 is 0 Å². The molecule has 7 aromatic carbocycles. The van der Waals surface area contributed by atoms with Gasteiger partial charge in [0.15, 0.2) is 23.1 Å². The van der Waals surface area contributed by atoms with Crippen molar-refractivity contribution in [1.82, 2.24) is 9.55 Å². The van der Waals surface area contributed by atoms with Crippen LogP contribution in [0.15, 0.2) is 127 Å². The van der Waals surface area contributed by atoms with Gasteiger partial charge in [0, 0.05) is 34.8 Å². The zero-order valence-electron chi connectivity index (χ0n) is 31.5. The molecule has 4 aliphatic rings. The van der Waals surface area contributed by atoms with Gasteiger partial charge in [0.2, 0.25) is 0 Å². The summed E-state index contributed by atoms with van der Waals surface area (Å²) in [5.74, 6) is -4.44. The van der Waals surface area contributed by atoms with E-state index >= 15 is 0 Å². The SMILES string of the molecule is O=C1C(c2cccc(-n3c(-c4ccccc4)nc4ccccc43)c2O)C(=O)C2CCC3C(=O)C(c4ccc5ccc6cccc7ccc4c5c67)C(=O)C4CCC1C2C43. The number of aromatic nitrogens is 2. The van der Waals surface area contributed by atoms with E-state index in [9.17, 15) is 24.3 Å². The summed E-state index contributed by atoms with van der Waals surface area (Å²) in [7, 11) is 0. The van der Waals surface area contributed by atoms with Gasteiger partial charge in [-0.25, -0.2) is 4.98 Å². The number of benzene rings is 7. The van der Waals surface area contributed by atoms with E-state index in [1.165, 1.54) is 0 Å². The molecule has 12 rings (SSSR count). The number of carbonyl (C=O) groups excluding carboxylic acids is 4. The second-order valence-corrected chi connectivity index (χ2v) is 17.1. The molecule has 7 heteroatoms. The molecule has 0 amide bonds. The first-order valence-corrected chi connectivity index (χ1v) is 20.6. The lowest BCUT2D eigenvalue weighted by Gasteiger charge is -2.56. The van der Waals surface area contributed by atoms with E-state index < -0.39 is 35.5 Å². The summed E-state index contributed by atoms with van der Waals surface area (Å²) in [5, 5.41) is 18.7. The summed E-state index contributed by atoms with van der Waals surface area (Å²) >= 11 is 0. The molecule has 4 atom stereocenters. The van der Waals surface area contributed by atoms with Crippen LogP contribution in [0.4, 0.5) is 0 Å². The second kappa shape index (κ2) is 12.3. The number of Topliss-reactive ketones (excluding diaryl/α,β-unsaturated/α-hetero) is 4. The van der Waals surface area contributed by atoms with E-state index in [4.69, 9.17) is 4.98 Å². The fraction of sp³-hybridized carbons (Fsp3) is 0.235. The van der Waals surface area contributed by atoms with Crippen molar-refractivity contribution in [2.75, 3.05) is 0 Å². The first-order valence-electron chi connectivity index (χ1n) is 20.6. The van der Waals surface area contributed by atoms with Crippen molar-refractivity contribution < 1.29 is 24.3 Å². The summed E-state index contributed by atoms with van der Waals surface area (Å²) in [6.45, 7) is 0. The maximum atomic E-state index is 14.8.